The summed E-state index contributed by atoms with van der Waals surface area (Å²) in [6, 6.07) is 15.7. The number of nitrogens with zero attached hydrogens (tertiary/aromatic N) is 4. The van der Waals surface area contributed by atoms with E-state index in [1.807, 2.05) is 24.3 Å². The number of benzene rings is 2. The lowest BCUT2D eigenvalue weighted by Gasteiger charge is -2.36. The van der Waals surface area contributed by atoms with Crippen molar-refractivity contribution in [3.05, 3.63) is 66.7 Å². The average molecular weight is 454 g/mol. The molecule has 1 amide bonds. The number of aromatic nitrogens is 2. The first kappa shape index (κ1) is 21.9. The van der Waals surface area contributed by atoms with Gasteiger partial charge in [0.25, 0.3) is 0 Å². The van der Waals surface area contributed by atoms with Crippen LogP contribution in [0.2, 0.25) is 0 Å². The molecule has 0 atom stereocenters. The van der Waals surface area contributed by atoms with Crippen molar-refractivity contribution < 1.29 is 13.9 Å². The highest BCUT2D eigenvalue weighted by atomic mass is 32.2. The van der Waals surface area contributed by atoms with Crippen molar-refractivity contribution in [2.24, 2.45) is 0 Å². The molecular formula is C23H24FN5O2S. The predicted octanol–water partition coefficient (Wildman–Crippen LogP) is 3.68. The number of methoxy groups -OCH3 is 1. The molecule has 166 valence electrons. The van der Waals surface area contributed by atoms with E-state index in [0.717, 1.165) is 48.5 Å². The summed E-state index contributed by atoms with van der Waals surface area (Å²) in [7, 11) is 1.67. The second-order valence-corrected chi connectivity index (χ2v) is 8.23. The van der Waals surface area contributed by atoms with Crippen LogP contribution in [0.25, 0.3) is 0 Å². The third-order valence-corrected chi connectivity index (χ3v) is 6.05. The van der Waals surface area contributed by atoms with E-state index >= 15 is 0 Å². The van der Waals surface area contributed by atoms with E-state index < -0.39 is 0 Å². The molecule has 32 heavy (non-hydrogen) atoms. The Labute approximate surface area is 190 Å². The Hall–Kier alpha value is -3.33. The van der Waals surface area contributed by atoms with E-state index in [-0.39, 0.29) is 17.5 Å². The molecule has 0 saturated carbocycles. The molecule has 7 nitrogen and oxygen atoms in total. The molecule has 3 aromatic rings. The zero-order valence-electron chi connectivity index (χ0n) is 17.7. The van der Waals surface area contributed by atoms with Crippen molar-refractivity contribution in [1.29, 1.82) is 0 Å². The number of carbonyl (C=O) groups is 1. The molecule has 1 N–H and O–H groups in total. The molecule has 0 aliphatic carbocycles. The van der Waals surface area contributed by atoms with Crippen LogP contribution in [0.1, 0.15) is 0 Å². The lowest BCUT2D eigenvalue weighted by Crippen LogP contribution is -2.46. The van der Waals surface area contributed by atoms with E-state index in [2.05, 4.69) is 31.2 Å². The number of thioether (sulfide) groups is 1. The molecular weight excluding hydrogens is 429 g/mol. The second kappa shape index (κ2) is 10.3. The molecule has 0 unspecified atom stereocenters. The van der Waals surface area contributed by atoms with Gasteiger partial charge in [-0.05, 0) is 36.4 Å². The van der Waals surface area contributed by atoms with Gasteiger partial charge in [0.2, 0.25) is 5.91 Å². The molecule has 0 spiro atoms. The Balaban J connectivity index is 1.30. The summed E-state index contributed by atoms with van der Waals surface area (Å²) in [5.74, 6) is 1.40. The molecule has 1 fully saturated rings. The zero-order valence-corrected chi connectivity index (χ0v) is 18.5. The molecule has 1 aliphatic rings. The third-order valence-electron chi connectivity index (χ3n) is 5.13. The highest BCUT2D eigenvalue weighted by Crippen LogP contribution is 2.25. The van der Waals surface area contributed by atoms with E-state index in [1.54, 1.807) is 7.11 Å². The van der Waals surface area contributed by atoms with Crippen LogP contribution in [0.3, 0.4) is 0 Å². The maximum atomic E-state index is 13.0. The maximum Gasteiger partial charge on any atom is 0.234 e. The molecule has 0 radical (unpaired) electrons. The topological polar surface area (TPSA) is 70.6 Å². The van der Waals surface area contributed by atoms with E-state index in [0.29, 0.717) is 5.69 Å². The summed E-state index contributed by atoms with van der Waals surface area (Å²) in [5, 5.41) is 3.49. The maximum absolute atomic E-state index is 13.0. The molecule has 2 heterocycles. The Morgan fingerprint density at radius 2 is 1.81 bits per heavy atom. The summed E-state index contributed by atoms with van der Waals surface area (Å²) in [6.45, 7) is 3.42. The summed E-state index contributed by atoms with van der Waals surface area (Å²) >= 11 is 1.34. The molecule has 2 aromatic carbocycles. The third kappa shape index (κ3) is 5.67. The molecule has 1 saturated heterocycles. The van der Waals surface area contributed by atoms with E-state index in [4.69, 9.17) is 4.74 Å². The first-order valence-electron chi connectivity index (χ1n) is 10.2. The standard InChI is InChI=1S/C23H24FN5O2S/c1-31-20-4-2-3-19(13-20)28-9-11-29(12-10-28)21-14-23(26-16-25-21)32-15-22(30)27-18-7-5-17(24)6-8-18/h2-8,13-14,16H,9-12,15H2,1H3,(H,27,30). The predicted molar refractivity (Wildman–Crippen MR) is 125 cm³/mol. The number of hydrogen-bond donors (Lipinski definition) is 1. The van der Waals surface area contributed by atoms with Crippen LogP contribution in [0, 0.1) is 5.82 Å². The van der Waals surface area contributed by atoms with Crippen molar-refractivity contribution >= 4 is 34.9 Å². The molecule has 4 rings (SSSR count). The van der Waals surface area contributed by atoms with Gasteiger partial charge in [0, 0.05) is 49.7 Å². The van der Waals surface area contributed by atoms with Crippen LogP contribution in [-0.2, 0) is 4.79 Å². The number of nitrogens with one attached hydrogen (secondary N) is 1. The minimum Gasteiger partial charge on any atom is -0.497 e. The fourth-order valence-corrected chi connectivity index (χ4v) is 4.11. The minimum atomic E-state index is -0.338. The van der Waals surface area contributed by atoms with Crippen molar-refractivity contribution in [1.82, 2.24) is 9.97 Å². The van der Waals surface area contributed by atoms with Gasteiger partial charge in [-0.15, -0.1) is 0 Å². The van der Waals surface area contributed by atoms with Crippen molar-refractivity contribution in [3.63, 3.8) is 0 Å². The van der Waals surface area contributed by atoms with Crippen LogP contribution >= 0.6 is 11.8 Å². The normalized spacial score (nSPS) is 13.7. The van der Waals surface area contributed by atoms with Crippen LogP contribution in [0.4, 0.5) is 21.6 Å². The number of rotatable bonds is 7. The smallest absolute Gasteiger partial charge is 0.234 e. The van der Waals surface area contributed by atoms with Gasteiger partial charge < -0.3 is 19.9 Å². The molecule has 1 aliphatic heterocycles. The first-order valence-corrected chi connectivity index (χ1v) is 11.2. The summed E-state index contributed by atoms with van der Waals surface area (Å²) in [5.41, 5.74) is 1.71. The molecule has 0 bridgehead atoms. The van der Waals surface area contributed by atoms with Gasteiger partial charge in [-0.25, -0.2) is 14.4 Å². The number of carbonyl (C=O) groups excluding carboxylic acids is 1. The highest BCUT2D eigenvalue weighted by Gasteiger charge is 2.19. The lowest BCUT2D eigenvalue weighted by molar-refractivity contribution is -0.113. The fraction of sp³-hybridized carbons (Fsp3) is 0.261. The van der Waals surface area contributed by atoms with Crippen LogP contribution in [-0.4, -0.2) is 54.9 Å². The number of hydrogen-bond acceptors (Lipinski definition) is 7. The van der Waals surface area contributed by atoms with Gasteiger partial charge in [-0.3, -0.25) is 4.79 Å². The summed E-state index contributed by atoms with van der Waals surface area (Å²) in [4.78, 5) is 25.4. The molecule has 1 aromatic heterocycles. The summed E-state index contributed by atoms with van der Waals surface area (Å²) in [6.07, 6.45) is 1.53. The van der Waals surface area contributed by atoms with Gasteiger partial charge >= 0.3 is 0 Å². The van der Waals surface area contributed by atoms with Crippen LogP contribution in [0.15, 0.2) is 66.0 Å². The van der Waals surface area contributed by atoms with Gasteiger partial charge in [0.15, 0.2) is 0 Å². The Kier molecular flexibility index (Phi) is 7.06. The van der Waals surface area contributed by atoms with Crippen LogP contribution in [0.5, 0.6) is 5.75 Å². The SMILES string of the molecule is COc1cccc(N2CCN(c3cc(SCC(=O)Nc4ccc(F)cc4)ncn3)CC2)c1. The first-order chi connectivity index (χ1) is 15.6. The van der Waals surface area contributed by atoms with Crippen LogP contribution < -0.4 is 19.9 Å². The van der Waals surface area contributed by atoms with Gasteiger partial charge in [0.05, 0.1) is 12.9 Å². The number of piperazine rings is 1. The Bertz CT molecular complexity index is 1060. The monoisotopic (exact) mass is 453 g/mol. The number of anilines is 3. The van der Waals surface area contributed by atoms with Gasteiger partial charge in [-0.2, -0.15) is 0 Å². The number of amides is 1. The second-order valence-electron chi connectivity index (χ2n) is 7.23. The highest BCUT2D eigenvalue weighted by molar-refractivity contribution is 7.99. The van der Waals surface area contributed by atoms with Crippen molar-refractivity contribution in [2.75, 3.05) is 54.2 Å². The van der Waals surface area contributed by atoms with Crippen molar-refractivity contribution in [2.45, 2.75) is 5.03 Å². The zero-order chi connectivity index (χ0) is 22.3. The fourth-order valence-electron chi connectivity index (χ4n) is 3.45. The Morgan fingerprint density at radius 1 is 1.06 bits per heavy atom. The number of halogens is 1. The lowest BCUT2D eigenvalue weighted by atomic mass is 10.2. The van der Waals surface area contributed by atoms with Crippen molar-refractivity contribution in [3.8, 4) is 5.75 Å². The average Bonchev–Trinajstić information content (AvgIpc) is 2.84. The Morgan fingerprint density at radius 3 is 2.56 bits per heavy atom. The molecule has 9 heteroatoms. The van der Waals surface area contributed by atoms with E-state index in [1.165, 1.54) is 42.4 Å². The largest absolute Gasteiger partial charge is 0.497 e. The number of ether oxygens (including phenoxy) is 1. The minimum absolute atomic E-state index is 0.173. The summed E-state index contributed by atoms with van der Waals surface area (Å²) < 4.78 is 18.3. The van der Waals surface area contributed by atoms with Gasteiger partial charge in [-0.1, -0.05) is 17.8 Å². The quantitative estimate of drug-likeness (QED) is 0.432. The van der Waals surface area contributed by atoms with E-state index in [9.17, 15) is 9.18 Å². The van der Waals surface area contributed by atoms with Gasteiger partial charge in [0.1, 0.15) is 28.7 Å².